The van der Waals surface area contributed by atoms with Gasteiger partial charge in [0.05, 0.1) is 12.1 Å². The van der Waals surface area contributed by atoms with Gasteiger partial charge in [-0.1, -0.05) is 29.8 Å². The third kappa shape index (κ3) is 4.30. The number of nitrogens with one attached hydrogen (secondary N) is 2. The molecule has 0 spiro atoms. The highest BCUT2D eigenvalue weighted by molar-refractivity contribution is 14.1. The first kappa shape index (κ1) is 16.5. The topological polar surface area (TPSA) is 58.2 Å². The maximum Gasteiger partial charge on any atom is 0.252 e. The molecule has 2 amide bonds. The van der Waals surface area contributed by atoms with Crippen LogP contribution in [0, 0.1) is 17.4 Å². The molecule has 0 aliphatic heterocycles. The van der Waals surface area contributed by atoms with Gasteiger partial charge in [-0.05, 0) is 60.2 Å². The fraction of sp³-hybridized carbons (Fsp3) is 0.176. The van der Waals surface area contributed by atoms with E-state index >= 15 is 0 Å². The van der Waals surface area contributed by atoms with E-state index in [4.69, 9.17) is 0 Å². The first-order valence-electron chi connectivity index (χ1n) is 6.87. The SMILES string of the molecule is Cc1ccc(NC(=O)CNC(=O)c2ccccc2I)c(C)c1. The van der Waals surface area contributed by atoms with Gasteiger partial charge in [0.25, 0.3) is 5.91 Å². The molecule has 2 rings (SSSR count). The third-order valence-electron chi connectivity index (χ3n) is 3.18. The molecule has 0 saturated carbocycles. The number of hydrogen-bond donors (Lipinski definition) is 2. The first-order chi connectivity index (χ1) is 10.5. The lowest BCUT2D eigenvalue weighted by atomic mass is 10.1. The number of hydrogen-bond acceptors (Lipinski definition) is 2. The molecule has 0 unspecified atom stereocenters. The van der Waals surface area contributed by atoms with Crippen LogP contribution in [0.1, 0.15) is 21.5 Å². The lowest BCUT2D eigenvalue weighted by molar-refractivity contribution is -0.115. The van der Waals surface area contributed by atoms with Crippen LogP contribution in [-0.2, 0) is 4.79 Å². The standard InChI is InChI=1S/C17H17IN2O2/c1-11-7-8-15(12(2)9-11)20-16(21)10-19-17(22)13-5-3-4-6-14(13)18/h3-9H,10H2,1-2H3,(H,19,22)(H,20,21). The minimum atomic E-state index is -0.249. The second-order valence-corrected chi connectivity index (χ2v) is 6.19. The van der Waals surface area contributed by atoms with Gasteiger partial charge in [-0.25, -0.2) is 0 Å². The molecule has 0 saturated heterocycles. The summed E-state index contributed by atoms with van der Waals surface area (Å²) in [5.41, 5.74) is 3.47. The van der Waals surface area contributed by atoms with Crippen LogP contribution in [0.3, 0.4) is 0 Å². The minimum Gasteiger partial charge on any atom is -0.343 e. The molecule has 0 aliphatic rings. The van der Waals surface area contributed by atoms with E-state index in [-0.39, 0.29) is 18.4 Å². The zero-order valence-corrected chi connectivity index (χ0v) is 14.6. The molecule has 0 aromatic heterocycles. The molecular weight excluding hydrogens is 391 g/mol. The quantitative estimate of drug-likeness (QED) is 0.764. The number of carbonyl (C=O) groups excluding carboxylic acids is 2. The van der Waals surface area contributed by atoms with Crippen molar-refractivity contribution < 1.29 is 9.59 Å². The maximum atomic E-state index is 12.0. The van der Waals surface area contributed by atoms with Gasteiger partial charge in [0.1, 0.15) is 0 Å². The van der Waals surface area contributed by atoms with E-state index in [2.05, 4.69) is 33.2 Å². The summed E-state index contributed by atoms with van der Waals surface area (Å²) in [6, 6.07) is 13.1. The normalized spacial score (nSPS) is 10.1. The van der Waals surface area contributed by atoms with Crippen LogP contribution in [0.15, 0.2) is 42.5 Å². The van der Waals surface area contributed by atoms with Crippen molar-refractivity contribution in [1.29, 1.82) is 0 Å². The number of aryl methyl sites for hydroxylation is 2. The Morgan fingerprint density at radius 1 is 1.09 bits per heavy atom. The van der Waals surface area contributed by atoms with Crippen LogP contribution in [0.2, 0.25) is 0 Å². The van der Waals surface area contributed by atoms with Crippen molar-refractivity contribution in [3.05, 3.63) is 62.7 Å². The van der Waals surface area contributed by atoms with Crippen LogP contribution in [-0.4, -0.2) is 18.4 Å². The molecule has 0 atom stereocenters. The molecule has 114 valence electrons. The van der Waals surface area contributed by atoms with Crippen LogP contribution in [0.4, 0.5) is 5.69 Å². The van der Waals surface area contributed by atoms with E-state index in [9.17, 15) is 9.59 Å². The average molecular weight is 408 g/mol. The van der Waals surface area contributed by atoms with Gasteiger partial charge in [0, 0.05) is 9.26 Å². The van der Waals surface area contributed by atoms with Crippen molar-refractivity contribution in [1.82, 2.24) is 5.32 Å². The Morgan fingerprint density at radius 3 is 2.50 bits per heavy atom. The van der Waals surface area contributed by atoms with Crippen molar-refractivity contribution in [3.8, 4) is 0 Å². The lowest BCUT2D eigenvalue weighted by Gasteiger charge is -2.10. The fourth-order valence-electron chi connectivity index (χ4n) is 2.05. The van der Waals surface area contributed by atoms with Gasteiger partial charge < -0.3 is 10.6 Å². The summed E-state index contributed by atoms with van der Waals surface area (Å²) in [7, 11) is 0. The van der Waals surface area contributed by atoms with E-state index in [1.54, 1.807) is 12.1 Å². The molecule has 0 radical (unpaired) electrons. The van der Waals surface area contributed by atoms with E-state index in [1.165, 1.54) is 0 Å². The summed E-state index contributed by atoms with van der Waals surface area (Å²) in [4.78, 5) is 24.0. The molecule has 2 aromatic rings. The van der Waals surface area contributed by atoms with Crippen molar-refractivity contribution >= 4 is 40.1 Å². The number of amides is 2. The largest absolute Gasteiger partial charge is 0.343 e. The number of halogens is 1. The van der Waals surface area contributed by atoms with Crippen LogP contribution in [0.25, 0.3) is 0 Å². The lowest BCUT2D eigenvalue weighted by Crippen LogP contribution is -2.33. The number of benzene rings is 2. The Morgan fingerprint density at radius 2 is 1.82 bits per heavy atom. The van der Waals surface area contributed by atoms with Crippen molar-refractivity contribution in [3.63, 3.8) is 0 Å². The number of rotatable bonds is 4. The summed E-state index contributed by atoms with van der Waals surface area (Å²) in [6.07, 6.45) is 0. The Balaban J connectivity index is 1.93. The second kappa shape index (κ2) is 7.40. The molecular formula is C17H17IN2O2. The molecule has 0 aliphatic carbocycles. The molecule has 0 bridgehead atoms. The Bertz CT molecular complexity index is 714. The highest BCUT2D eigenvalue weighted by atomic mass is 127. The van der Waals surface area contributed by atoms with E-state index in [0.29, 0.717) is 5.56 Å². The van der Waals surface area contributed by atoms with Gasteiger partial charge in [0.15, 0.2) is 0 Å². The molecule has 2 N–H and O–H groups in total. The molecule has 2 aromatic carbocycles. The van der Waals surface area contributed by atoms with Gasteiger partial charge in [0.2, 0.25) is 5.91 Å². The second-order valence-electron chi connectivity index (χ2n) is 5.03. The minimum absolute atomic E-state index is 0.0584. The molecule has 0 heterocycles. The van der Waals surface area contributed by atoms with Crippen molar-refractivity contribution in [2.45, 2.75) is 13.8 Å². The fourth-order valence-corrected chi connectivity index (χ4v) is 2.68. The molecule has 22 heavy (non-hydrogen) atoms. The Kier molecular flexibility index (Phi) is 5.54. The molecule has 0 fully saturated rings. The predicted molar refractivity (Wildman–Crippen MR) is 96.0 cm³/mol. The van der Waals surface area contributed by atoms with Crippen LogP contribution in [0.5, 0.6) is 0 Å². The highest BCUT2D eigenvalue weighted by Gasteiger charge is 2.11. The zero-order chi connectivity index (χ0) is 16.1. The number of anilines is 1. The smallest absolute Gasteiger partial charge is 0.252 e. The number of carbonyl (C=O) groups is 2. The first-order valence-corrected chi connectivity index (χ1v) is 7.95. The summed E-state index contributed by atoms with van der Waals surface area (Å²) in [5.74, 6) is -0.493. The monoisotopic (exact) mass is 408 g/mol. The van der Waals surface area contributed by atoms with Crippen molar-refractivity contribution in [2.75, 3.05) is 11.9 Å². The Labute approximate surface area is 143 Å². The van der Waals surface area contributed by atoms with Crippen molar-refractivity contribution in [2.24, 2.45) is 0 Å². The van der Waals surface area contributed by atoms with Gasteiger partial charge in [-0.15, -0.1) is 0 Å². The van der Waals surface area contributed by atoms with Crippen LogP contribution < -0.4 is 10.6 Å². The molecule has 5 heteroatoms. The summed E-state index contributed by atoms with van der Waals surface area (Å²) in [6.45, 7) is 3.88. The van der Waals surface area contributed by atoms with E-state index in [1.807, 2.05) is 44.2 Å². The average Bonchev–Trinajstić information content (AvgIpc) is 2.48. The Hall–Kier alpha value is -1.89. The summed E-state index contributed by atoms with van der Waals surface area (Å²) >= 11 is 2.10. The highest BCUT2D eigenvalue weighted by Crippen LogP contribution is 2.15. The van der Waals surface area contributed by atoms with Gasteiger partial charge in [-0.3, -0.25) is 9.59 Å². The third-order valence-corrected chi connectivity index (χ3v) is 4.12. The zero-order valence-electron chi connectivity index (χ0n) is 12.4. The van der Waals surface area contributed by atoms with E-state index < -0.39 is 0 Å². The van der Waals surface area contributed by atoms with E-state index in [0.717, 1.165) is 20.4 Å². The van der Waals surface area contributed by atoms with Gasteiger partial charge in [-0.2, -0.15) is 0 Å². The van der Waals surface area contributed by atoms with Crippen LogP contribution >= 0.6 is 22.6 Å². The predicted octanol–water partition coefficient (Wildman–Crippen LogP) is 3.28. The molecule has 4 nitrogen and oxygen atoms in total. The maximum absolute atomic E-state index is 12.0. The summed E-state index contributed by atoms with van der Waals surface area (Å²) in [5, 5.41) is 5.44. The van der Waals surface area contributed by atoms with Gasteiger partial charge >= 0.3 is 0 Å². The summed E-state index contributed by atoms with van der Waals surface area (Å²) < 4.78 is 0.854.